The largest absolute Gasteiger partial charge is 0.497 e. The predicted molar refractivity (Wildman–Crippen MR) is 112 cm³/mol. The molecule has 2 N–H and O–H groups in total. The minimum absolute atomic E-state index is 0. The lowest BCUT2D eigenvalue weighted by Crippen LogP contribution is -2.37. The van der Waals surface area contributed by atoms with Crippen LogP contribution in [0.15, 0.2) is 23.2 Å². The molecular formula is C18H29F3IN3O2. The average molecular weight is 503 g/mol. The number of aliphatic imine (C=N–C) groups is 1. The van der Waals surface area contributed by atoms with Crippen LogP contribution in [0, 0.1) is 0 Å². The van der Waals surface area contributed by atoms with Gasteiger partial charge in [-0.3, -0.25) is 0 Å². The Morgan fingerprint density at radius 2 is 1.89 bits per heavy atom. The number of unbranched alkanes of at least 4 members (excludes halogenated alkanes) is 1. The van der Waals surface area contributed by atoms with Crippen LogP contribution < -0.4 is 15.4 Å². The second-order valence-corrected chi connectivity index (χ2v) is 5.55. The highest BCUT2D eigenvalue weighted by molar-refractivity contribution is 14.0. The van der Waals surface area contributed by atoms with E-state index in [0.29, 0.717) is 32.3 Å². The molecule has 9 heteroatoms. The molecule has 0 heterocycles. The van der Waals surface area contributed by atoms with Gasteiger partial charge >= 0.3 is 6.18 Å². The highest BCUT2D eigenvalue weighted by Crippen LogP contribution is 2.34. The van der Waals surface area contributed by atoms with Crippen molar-refractivity contribution >= 4 is 29.9 Å². The molecule has 0 fully saturated rings. The SMILES string of the molecule is CCNC(=NCc1ccc(OC)cc1C(F)(F)F)NCCCCOCC.I. The van der Waals surface area contributed by atoms with E-state index in [9.17, 15) is 13.2 Å². The van der Waals surface area contributed by atoms with E-state index in [1.807, 2.05) is 13.8 Å². The molecule has 0 aliphatic carbocycles. The Kier molecular flexibility index (Phi) is 13.2. The summed E-state index contributed by atoms with van der Waals surface area (Å²) in [5.74, 6) is 0.664. The fourth-order valence-electron chi connectivity index (χ4n) is 2.27. The van der Waals surface area contributed by atoms with E-state index in [4.69, 9.17) is 9.47 Å². The number of hydrogen-bond acceptors (Lipinski definition) is 3. The highest BCUT2D eigenvalue weighted by atomic mass is 127. The third kappa shape index (κ3) is 10.0. The van der Waals surface area contributed by atoms with Crippen LogP contribution in [0.4, 0.5) is 13.2 Å². The quantitative estimate of drug-likeness (QED) is 0.218. The molecule has 5 nitrogen and oxygen atoms in total. The number of ether oxygens (including phenoxy) is 2. The van der Waals surface area contributed by atoms with E-state index >= 15 is 0 Å². The molecule has 0 aliphatic heterocycles. The maximum absolute atomic E-state index is 13.2. The first kappa shape index (κ1) is 25.8. The topological polar surface area (TPSA) is 54.9 Å². The van der Waals surface area contributed by atoms with Crippen LogP contribution in [0.1, 0.15) is 37.8 Å². The maximum atomic E-state index is 13.2. The summed E-state index contributed by atoms with van der Waals surface area (Å²) in [5, 5.41) is 6.16. The monoisotopic (exact) mass is 503 g/mol. The third-order valence-electron chi connectivity index (χ3n) is 3.59. The van der Waals surface area contributed by atoms with Gasteiger partial charge in [-0.1, -0.05) is 6.07 Å². The molecule has 0 unspecified atom stereocenters. The molecule has 0 bridgehead atoms. The lowest BCUT2D eigenvalue weighted by molar-refractivity contribution is -0.138. The molecule has 156 valence electrons. The van der Waals surface area contributed by atoms with E-state index in [-0.39, 0.29) is 41.8 Å². The fraction of sp³-hybridized carbons (Fsp3) is 0.611. The number of nitrogens with one attached hydrogen (secondary N) is 2. The van der Waals surface area contributed by atoms with Gasteiger partial charge in [0.15, 0.2) is 5.96 Å². The molecule has 0 amide bonds. The third-order valence-corrected chi connectivity index (χ3v) is 3.59. The molecule has 1 aromatic rings. The second-order valence-electron chi connectivity index (χ2n) is 5.55. The fourth-order valence-corrected chi connectivity index (χ4v) is 2.27. The zero-order valence-corrected chi connectivity index (χ0v) is 18.3. The van der Waals surface area contributed by atoms with Gasteiger partial charge in [0.1, 0.15) is 5.75 Å². The average Bonchev–Trinajstić information content (AvgIpc) is 2.61. The van der Waals surface area contributed by atoms with Gasteiger partial charge in [-0.05, 0) is 44.4 Å². The standard InChI is InChI=1S/C18H28F3N3O2.HI/c1-4-22-17(23-10-6-7-11-26-5-2)24-13-14-8-9-15(25-3)12-16(14)18(19,20)21;/h8-9,12H,4-7,10-11,13H2,1-3H3,(H2,22,23,24);1H. The van der Waals surface area contributed by atoms with Gasteiger partial charge in [0.05, 0.1) is 19.2 Å². The van der Waals surface area contributed by atoms with Crippen molar-refractivity contribution in [3.05, 3.63) is 29.3 Å². The first-order valence-corrected chi connectivity index (χ1v) is 8.76. The van der Waals surface area contributed by atoms with Crippen LogP contribution in [-0.4, -0.2) is 39.4 Å². The van der Waals surface area contributed by atoms with E-state index in [0.717, 1.165) is 18.9 Å². The number of nitrogens with zero attached hydrogens (tertiary/aromatic N) is 1. The Labute approximate surface area is 176 Å². The van der Waals surface area contributed by atoms with Gasteiger partial charge in [0.2, 0.25) is 0 Å². The van der Waals surface area contributed by atoms with Crippen LogP contribution in [-0.2, 0) is 17.5 Å². The first-order chi connectivity index (χ1) is 12.4. The van der Waals surface area contributed by atoms with Gasteiger partial charge < -0.3 is 20.1 Å². The highest BCUT2D eigenvalue weighted by Gasteiger charge is 2.33. The maximum Gasteiger partial charge on any atom is 0.416 e. The Bertz CT molecular complexity index is 569. The van der Waals surface area contributed by atoms with E-state index in [1.54, 1.807) is 0 Å². The Morgan fingerprint density at radius 1 is 1.15 bits per heavy atom. The summed E-state index contributed by atoms with van der Waals surface area (Å²) in [6, 6.07) is 3.91. The summed E-state index contributed by atoms with van der Waals surface area (Å²) in [4.78, 5) is 4.27. The zero-order valence-electron chi connectivity index (χ0n) is 16.0. The van der Waals surface area contributed by atoms with E-state index in [1.165, 1.54) is 19.2 Å². The van der Waals surface area contributed by atoms with Crippen LogP contribution >= 0.6 is 24.0 Å². The molecule has 1 rings (SSSR count). The summed E-state index contributed by atoms with van der Waals surface area (Å²) in [6.07, 6.45) is -2.65. The van der Waals surface area contributed by atoms with Crippen molar-refractivity contribution in [2.24, 2.45) is 4.99 Å². The minimum atomic E-state index is -4.45. The molecule has 0 radical (unpaired) electrons. The number of benzene rings is 1. The molecule has 27 heavy (non-hydrogen) atoms. The van der Waals surface area contributed by atoms with Gasteiger partial charge in [-0.2, -0.15) is 13.2 Å². The number of guanidine groups is 1. The molecule has 0 saturated heterocycles. The molecule has 0 spiro atoms. The van der Waals surface area contributed by atoms with Crippen molar-refractivity contribution in [3.63, 3.8) is 0 Å². The molecule has 0 aliphatic rings. The number of methoxy groups -OCH3 is 1. The van der Waals surface area contributed by atoms with Crippen molar-refractivity contribution in [1.82, 2.24) is 10.6 Å². The molecule has 0 atom stereocenters. The van der Waals surface area contributed by atoms with E-state index in [2.05, 4.69) is 15.6 Å². The number of hydrogen-bond donors (Lipinski definition) is 2. The number of halogens is 4. The van der Waals surface area contributed by atoms with Crippen LogP contribution in [0.2, 0.25) is 0 Å². The Hall–Kier alpha value is -1.23. The molecular weight excluding hydrogens is 474 g/mol. The summed E-state index contributed by atoms with van der Waals surface area (Å²) < 4.78 is 49.9. The Balaban J connectivity index is 0.00000676. The molecule has 1 aromatic carbocycles. The smallest absolute Gasteiger partial charge is 0.416 e. The van der Waals surface area contributed by atoms with E-state index < -0.39 is 11.7 Å². The molecule has 0 aromatic heterocycles. The van der Waals surface area contributed by atoms with Crippen molar-refractivity contribution in [3.8, 4) is 5.75 Å². The summed E-state index contributed by atoms with van der Waals surface area (Å²) in [7, 11) is 1.34. The van der Waals surface area contributed by atoms with Crippen LogP contribution in [0.5, 0.6) is 5.75 Å². The summed E-state index contributed by atoms with van der Waals surface area (Å²) in [5.41, 5.74) is -0.625. The van der Waals surface area contributed by atoms with Crippen molar-refractivity contribution in [2.45, 2.75) is 39.4 Å². The van der Waals surface area contributed by atoms with Crippen molar-refractivity contribution < 1.29 is 22.6 Å². The number of alkyl halides is 3. The van der Waals surface area contributed by atoms with Crippen LogP contribution in [0.3, 0.4) is 0 Å². The van der Waals surface area contributed by atoms with Gasteiger partial charge in [0, 0.05) is 26.3 Å². The first-order valence-electron chi connectivity index (χ1n) is 8.76. The van der Waals surface area contributed by atoms with Crippen molar-refractivity contribution in [2.75, 3.05) is 33.4 Å². The minimum Gasteiger partial charge on any atom is -0.497 e. The normalized spacial score (nSPS) is 11.7. The Morgan fingerprint density at radius 3 is 2.48 bits per heavy atom. The lowest BCUT2D eigenvalue weighted by Gasteiger charge is -2.15. The van der Waals surface area contributed by atoms with Crippen LogP contribution in [0.25, 0.3) is 0 Å². The van der Waals surface area contributed by atoms with Gasteiger partial charge in [0.25, 0.3) is 0 Å². The van der Waals surface area contributed by atoms with Gasteiger partial charge in [-0.15, -0.1) is 24.0 Å². The van der Waals surface area contributed by atoms with Crippen molar-refractivity contribution in [1.29, 1.82) is 0 Å². The molecule has 0 saturated carbocycles. The lowest BCUT2D eigenvalue weighted by atomic mass is 10.1. The number of rotatable bonds is 10. The predicted octanol–water partition coefficient (Wildman–Crippen LogP) is 4.20. The summed E-state index contributed by atoms with van der Waals surface area (Å²) in [6.45, 7) is 6.47. The zero-order chi connectivity index (χ0) is 19.4. The summed E-state index contributed by atoms with van der Waals surface area (Å²) >= 11 is 0. The van der Waals surface area contributed by atoms with Gasteiger partial charge in [-0.25, -0.2) is 4.99 Å². The second kappa shape index (κ2) is 13.9.